The second-order valence-electron chi connectivity index (χ2n) is 3.88. The Morgan fingerprint density at radius 1 is 1.46 bits per heavy atom. The molecule has 3 rings (SSSR count). The molecule has 0 bridgehead atoms. The SMILES string of the molecule is Cn1ccc2cc(C3CC3)cnc21. The van der Waals surface area contributed by atoms with Crippen molar-refractivity contribution in [2.45, 2.75) is 18.8 Å². The highest BCUT2D eigenvalue weighted by Gasteiger charge is 2.23. The van der Waals surface area contributed by atoms with E-state index >= 15 is 0 Å². The molecular formula is C11H12N2. The number of hydrogen-bond acceptors (Lipinski definition) is 1. The van der Waals surface area contributed by atoms with Gasteiger partial charge in [0.1, 0.15) is 5.65 Å². The van der Waals surface area contributed by atoms with E-state index in [1.54, 1.807) is 0 Å². The van der Waals surface area contributed by atoms with Crippen LogP contribution in [-0.2, 0) is 7.05 Å². The molecule has 0 spiro atoms. The third-order valence-corrected chi connectivity index (χ3v) is 2.78. The summed E-state index contributed by atoms with van der Waals surface area (Å²) in [7, 11) is 2.03. The van der Waals surface area contributed by atoms with Crippen LogP contribution in [0, 0.1) is 0 Å². The minimum Gasteiger partial charge on any atom is -0.336 e. The highest BCUT2D eigenvalue weighted by Crippen LogP contribution is 2.40. The topological polar surface area (TPSA) is 17.8 Å². The highest BCUT2D eigenvalue weighted by atomic mass is 15.0. The molecule has 0 atom stereocenters. The number of fused-ring (bicyclic) bond motifs is 1. The van der Waals surface area contributed by atoms with Crippen molar-refractivity contribution in [1.29, 1.82) is 0 Å². The molecule has 1 aliphatic rings. The summed E-state index contributed by atoms with van der Waals surface area (Å²) < 4.78 is 2.06. The summed E-state index contributed by atoms with van der Waals surface area (Å²) in [4.78, 5) is 4.46. The lowest BCUT2D eigenvalue weighted by molar-refractivity contribution is 0.945. The largest absolute Gasteiger partial charge is 0.336 e. The molecular weight excluding hydrogens is 160 g/mol. The number of pyridine rings is 1. The third kappa shape index (κ3) is 1.05. The van der Waals surface area contributed by atoms with Crippen molar-refractivity contribution in [3.8, 4) is 0 Å². The van der Waals surface area contributed by atoms with E-state index < -0.39 is 0 Å². The molecule has 0 amide bonds. The first-order valence-corrected chi connectivity index (χ1v) is 4.75. The van der Waals surface area contributed by atoms with E-state index in [4.69, 9.17) is 0 Å². The van der Waals surface area contributed by atoms with Gasteiger partial charge in [0, 0.05) is 24.8 Å². The second-order valence-corrected chi connectivity index (χ2v) is 3.88. The average molecular weight is 172 g/mol. The summed E-state index contributed by atoms with van der Waals surface area (Å²) >= 11 is 0. The number of rotatable bonds is 1. The van der Waals surface area contributed by atoms with Gasteiger partial charge >= 0.3 is 0 Å². The van der Waals surface area contributed by atoms with E-state index in [0.29, 0.717) is 0 Å². The zero-order valence-electron chi connectivity index (χ0n) is 7.70. The van der Waals surface area contributed by atoms with Crippen LogP contribution in [0.1, 0.15) is 24.3 Å². The Morgan fingerprint density at radius 2 is 2.31 bits per heavy atom. The van der Waals surface area contributed by atoms with Crippen LogP contribution < -0.4 is 0 Å². The molecule has 2 heterocycles. The predicted molar refractivity (Wildman–Crippen MR) is 52.7 cm³/mol. The molecule has 2 aromatic rings. The van der Waals surface area contributed by atoms with Crippen molar-refractivity contribution in [3.63, 3.8) is 0 Å². The van der Waals surface area contributed by atoms with Gasteiger partial charge in [-0.1, -0.05) is 0 Å². The van der Waals surface area contributed by atoms with Crippen molar-refractivity contribution in [3.05, 3.63) is 30.1 Å². The van der Waals surface area contributed by atoms with Gasteiger partial charge in [-0.2, -0.15) is 0 Å². The van der Waals surface area contributed by atoms with Crippen molar-refractivity contribution < 1.29 is 0 Å². The van der Waals surface area contributed by atoms with Gasteiger partial charge in [0.2, 0.25) is 0 Å². The molecule has 0 radical (unpaired) electrons. The van der Waals surface area contributed by atoms with Gasteiger partial charge in [0.05, 0.1) is 0 Å². The number of nitrogens with zero attached hydrogens (tertiary/aromatic N) is 2. The Morgan fingerprint density at radius 3 is 3.08 bits per heavy atom. The van der Waals surface area contributed by atoms with E-state index in [0.717, 1.165) is 11.6 Å². The van der Waals surface area contributed by atoms with E-state index in [1.165, 1.54) is 23.8 Å². The molecule has 13 heavy (non-hydrogen) atoms. The van der Waals surface area contributed by atoms with Crippen LogP contribution in [-0.4, -0.2) is 9.55 Å². The van der Waals surface area contributed by atoms with Crippen LogP contribution in [0.5, 0.6) is 0 Å². The normalized spacial score (nSPS) is 16.7. The molecule has 0 N–H and O–H groups in total. The molecule has 0 unspecified atom stereocenters. The van der Waals surface area contributed by atoms with E-state index in [1.807, 2.05) is 13.2 Å². The van der Waals surface area contributed by atoms with E-state index in [-0.39, 0.29) is 0 Å². The van der Waals surface area contributed by atoms with E-state index in [9.17, 15) is 0 Å². The van der Waals surface area contributed by atoms with E-state index in [2.05, 4.69) is 27.9 Å². The fraction of sp³-hybridized carbons (Fsp3) is 0.364. The quantitative estimate of drug-likeness (QED) is 0.646. The maximum absolute atomic E-state index is 4.46. The van der Waals surface area contributed by atoms with Crippen LogP contribution in [0.3, 0.4) is 0 Å². The van der Waals surface area contributed by atoms with Gasteiger partial charge < -0.3 is 4.57 Å². The second kappa shape index (κ2) is 2.34. The smallest absolute Gasteiger partial charge is 0.139 e. The molecule has 2 heteroatoms. The summed E-state index contributed by atoms with van der Waals surface area (Å²) in [6.07, 6.45) is 6.79. The Bertz CT molecular complexity index is 452. The van der Waals surface area contributed by atoms with Crippen LogP contribution in [0.4, 0.5) is 0 Å². The van der Waals surface area contributed by atoms with Crippen molar-refractivity contribution >= 4 is 11.0 Å². The standard InChI is InChI=1S/C11H12N2/c1-13-5-4-9-6-10(8-2-3-8)7-12-11(9)13/h4-8H,2-3H2,1H3. The van der Waals surface area contributed by atoms with Gasteiger partial charge in [0.15, 0.2) is 0 Å². The fourth-order valence-electron chi connectivity index (χ4n) is 1.81. The minimum absolute atomic E-state index is 0.803. The summed E-state index contributed by atoms with van der Waals surface area (Å²) in [5.74, 6) is 0.803. The van der Waals surface area contributed by atoms with Crippen LogP contribution in [0.2, 0.25) is 0 Å². The average Bonchev–Trinajstić information content (AvgIpc) is 2.93. The molecule has 2 aromatic heterocycles. The zero-order valence-corrected chi connectivity index (χ0v) is 7.70. The monoisotopic (exact) mass is 172 g/mol. The maximum Gasteiger partial charge on any atom is 0.139 e. The molecule has 0 aromatic carbocycles. The van der Waals surface area contributed by atoms with Crippen LogP contribution >= 0.6 is 0 Å². The third-order valence-electron chi connectivity index (χ3n) is 2.78. The Labute approximate surface area is 77.2 Å². The molecule has 0 saturated heterocycles. The van der Waals surface area contributed by atoms with Crippen LogP contribution in [0.25, 0.3) is 11.0 Å². The molecule has 2 nitrogen and oxygen atoms in total. The zero-order chi connectivity index (χ0) is 8.84. The summed E-state index contributed by atoms with van der Waals surface area (Å²) in [5.41, 5.74) is 2.50. The van der Waals surface area contributed by atoms with Crippen LogP contribution in [0.15, 0.2) is 24.5 Å². The van der Waals surface area contributed by atoms with Gasteiger partial charge in [0.25, 0.3) is 0 Å². The Balaban J connectivity index is 2.21. The number of aromatic nitrogens is 2. The lowest BCUT2D eigenvalue weighted by Gasteiger charge is -1.98. The molecule has 1 saturated carbocycles. The lowest BCUT2D eigenvalue weighted by atomic mass is 10.1. The van der Waals surface area contributed by atoms with Gasteiger partial charge in [-0.05, 0) is 36.5 Å². The molecule has 0 aliphatic heterocycles. The van der Waals surface area contributed by atoms with Crippen molar-refractivity contribution in [2.24, 2.45) is 7.05 Å². The minimum atomic E-state index is 0.803. The fourth-order valence-corrected chi connectivity index (χ4v) is 1.81. The van der Waals surface area contributed by atoms with Gasteiger partial charge in [-0.3, -0.25) is 0 Å². The molecule has 1 fully saturated rings. The van der Waals surface area contributed by atoms with Crippen molar-refractivity contribution in [2.75, 3.05) is 0 Å². The lowest BCUT2D eigenvalue weighted by Crippen LogP contribution is -1.88. The predicted octanol–water partition coefficient (Wildman–Crippen LogP) is 2.45. The van der Waals surface area contributed by atoms with Crippen molar-refractivity contribution in [1.82, 2.24) is 9.55 Å². The summed E-state index contributed by atoms with van der Waals surface area (Å²) in [6.45, 7) is 0. The van der Waals surface area contributed by atoms with Gasteiger partial charge in [-0.15, -0.1) is 0 Å². The summed E-state index contributed by atoms with van der Waals surface area (Å²) in [6, 6.07) is 4.41. The first-order chi connectivity index (χ1) is 6.34. The first kappa shape index (κ1) is 7.13. The molecule has 66 valence electrons. The Hall–Kier alpha value is -1.31. The number of aryl methyl sites for hydroxylation is 1. The first-order valence-electron chi connectivity index (χ1n) is 4.75. The maximum atomic E-state index is 4.46. The van der Waals surface area contributed by atoms with Gasteiger partial charge in [-0.25, -0.2) is 4.98 Å². The highest BCUT2D eigenvalue weighted by molar-refractivity contribution is 5.76. The number of hydrogen-bond donors (Lipinski definition) is 0. The Kier molecular flexibility index (Phi) is 1.29. The molecule has 1 aliphatic carbocycles. The summed E-state index contributed by atoms with van der Waals surface area (Å²) in [5, 5.41) is 1.27.